The lowest BCUT2D eigenvalue weighted by Gasteiger charge is -2.32. The number of morpholine rings is 1. The third-order valence-corrected chi connectivity index (χ3v) is 4.61. The molecule has 0 N–H and O–H groups in total. The Hall–Kier alpha value is -2.72. The van der Waals surface area contributed by atoms with E-state index in [1.54, 1.807) is 11.9 Å². The van der Waals surface area contributed by atoms with Crippen molar-refractivity contribution in [1.29, 1.82) is 5.26 Å². The van der Waals surface area contributed by atoms with Gasteiger partial charge in [0.25, 0.3) is 0 Å². The standard InChI is InChI=1S/C20H20F3N3O/c1-25(18-7-6-17(20(21,22)23)12-16(18)13-24)14-15-4-2-3-5-19(15)26-8-10-27-11-9-26/h2-7,12H,8-11,14H2,1H3. The van der Waals surface area contributed by atoms with Gasteiger partial charge in [-0.15, -0.1) is 0 Å². The Morgan fingerprint density at radius 3 is 2.52 bits per heavy atom. The molecule has 142 valence electrons. The molecule has 0 aromatic heterocycles. The smallest absolute Gasteiger partial charge is 0.378 e. The van der Waals surface area contributed by atoms with E-state index in [0.717, 1.165) is 36.5 Å². The van der Waals surface area contributed by atoms with E-state index in [1.165, 1.54) is 6.07 Å². The van der Waals surface area contributed by atoms with Crippen molar-refractivity contribution in [3.05, 3.63) is 59.2 Å². The Bertz CT molecular complexity index is 839. The molecule has 0 atom stereocenters. The maximum atomic E-state index is 12.9. The van der Waals surface area contributed by atoms with Crippen molar-refractivity contribution in [2.24, 2.45) is 0 Å². The van der Waals surface area contributed by atoms with E-state index < -0.39 is 11.7 Å². The Kier molecular flexibility index (Phi) is 5.57. The monoisotopic (exact) mass is 375 g/mol. The van der Waals surface area contributed by atoms with Gasteiger partial charge in [-0.25, -0.2) is 0 Å². The molecule has 1 aliphatic heterocycles. The number of hydrogen-bond acceptors (Lipinski definition) is 4. The molecule has 4 nitrogen and oxygen atoms in total. The minimum atomic E-state index is -4.47. The number of halogens is 3. The second-order valence-electron chi connectivity index (χ2n) is 6.43. The van der Waals surface area contributed by atoms with Crippen LogP contribution in [0.1, 0.15) is 16.7 Å². The second kappa shape index (κ2) is 7.89. The highest BCUT2D eigenvalue weighted by atomic mass is 19.4. The van der Waals surface area contributed by atoms with Gasteiger partial charge in [0.1, 0.15) is 6.07 Å². The summed E-state index contributed by atoms with van der Waals surface area (Å²) in [5.41, 5.74) is 1.80. The van der Waals surface area contributed by atoms with Gasteiger partial charge in [0, 0.05) is 32.4 Å². The Morgan fingerprint density at radius 1 is 1.15 bits per heavy atom. The first-order valence-corrected chi connectivity index (χ1v) is 8.63. The summed E-state index contributed by atoms with van der Waals surface area (Å²) in [7, 11) is 1.78. The highest BCUT2D eigenvalue weighted by Gasteiger charge is 2.31. The summed E-state index contributed by atoms with van der Waals surface area (Å²) in [4.78, 5) is 4.04. The molecule has 0 saturated carbocycles. The van der Waals surface area contributed by atoms with Crippen LogP contribution in [-0.2, 0) is 17.5 Å². The van der Waals surface area contributed by atoms with Crippen molar-refractivity contribution in [3.8, 4) is 6.07 Å². The third-order valence-electron chi connectivity index (χ3n) is 4.61. The molecule has 1 fully saturated rings. The molecule has 0 aliphatic carbocycles. The van der Waals surface area contributed by atoms with Gasteiger partial charge < -0.3 is 14.5 Å². The van der Waals surface area contributed by atoms with E-state index in [0.29, 0.717) is 25.4 Å². The van der Waals surface area contributed by atoms with Gasteiger partial charge >= 0.3 is 6.18 Å². The molecule has 0 unspecified atom stereocenters. The van der Waals surface area contributed by atoms with Crippen LogP contribution in [0.15, 0.2) is 42.5 Å². The average Bonchev–Trinajstić information content (AvgIpc) is 2.68. The first-order chi connectivity index (χ1) is 12.9. The number of hydrogen-bond donors (Lipinski definition) is 0. The molecule has 7 heteroatoms. The largest absolute Gasteiger partial charge is 0.416 e. The Balaban J connectivity index is 1.86. The van der Waals surface area contributed by atoms with Crippen LogP contribution in [0.5, 0.6) is 0 Å². The number of rotatable bonds is 4. The summed E-state index contributed by atoms with van der Waals surface area (Å²) >= 11 is 0. The maximum Gasteiger partial charge on any atom is 0.416 e. The maximum absolute atomic E-state index is 12.9. The molecule has 2 aromatic rings. The van der Waals surface area contributed by atoms with Gasteiger partial charge in [0.15, 0.2) is 0 Å². The predicted molar refractivity (Wildman–Crippen MR) is 97.7 cm³/mol. The number of benzene rings is 2. The molecule has 0 bridgehead atoms. The number of anilines is 2. The Morgan fingerprint density at radius 2 is 1.85 bits per heavy atom. The van der Waals surface area contributed by atoms with Crippen LogP contribution in [0.3, 0.4) is 0 Å². The molecule has 3 rings (SSSR count). The van der Waals surface area contributed by atoms with Crippen molar-refractivity contribution >= 4 is 11.4 Å². The van der Waals surface area contributed by atoms with Gasteiger partial charge in [0.05, 0.1) is 30.0 Å². The van der Waals surface area contributed by atoms with Crippen molar-refractivity contribution in [2.75, 3.05) is 43.2 Å². The fourth-order valence-electron chi connectivity index (χ4n) is 3.23. The number of nitriles is 1. The number of nitrogens with zero attached hydrogens (tertiary/aromatic N) is 3. The number of para-hydroxylation sites is 1. The van der Waals surface area contributed by atoms with E-state index in [2.05, 4.69) is 4.90 Å². The molecule has 0 radical (unpaired) electrons. The van der Waals surface area contributed by atoms with Crippen LogP contribution in [0, 0.1) is 11.3 Å². The normalized spacial score (nSPS) is 14.7. The zero-order valence-corrected chi connectivity index (χ0v) is 15.0. The lowest BCUT2D eigenvalue weighted by Crippen LogP contribution is -2.37. The van der Waals surface area contributed by atoms with Crippen LogP contribution in [0.2, 0.25) is 0 Å². The summed E-state index contributed by atoms with van der Waals surface area (Å²) in [6.07, 6.45) is -4.47. The highest BCUT2D eigenvalue weighted by molar-refractivity contribution is 5.62. The lowest BCUT2D eigenvalue weighted by atomic mass is 10.1. The van der Waals surface area contributed by atoms with Gasteiger partial charge in [0.2, 0.25) is 0 Å². The van der Waals surface area contributed by atoms with Gasteiger partial charge in [-0.3, -0.25) is 0 Å². The zero-order valence-electron chi connectivity index (χ0n) is 15.0. The van der Waals surface area contributed by atoms with Gasteiger partial charge in [-0.1, -0.05) is 18.2 Å². The van der Waals surface area contributed by atoms with E-state index in [1.807, 2.05) is 30.3 Å². The quantitative estimate of drug-likeness (QED) is 0.808. The molecular formula is C20H20F3N3O. The Labute approximate surface area is 156 Å². The molecule has 1 aliphatic rings. The fraction of sp³-hybridized carbons (Fsp3) is 0.350. The first-order valence-electron chi connectivity index (χ1n) is 8.63. The molecule has 0 amide bonds. The van der Waals surface area contributed by atoms with Crippen molar-refractivity contribution < 1.29 is 17.9 Å². The highest BCUT2D eigenvalue weighted by Crippen LogP contribution is 2.33. The van der Waals surface area contributed by atoms with Crippen LogP contribution in [-0.4, -0.2) is 33.4 Å². The van der Waals surface area contributed by atoms with E-state index >= 15 is 0 Å². The van der Waals surface area contributed by atoms with Crippen molar-refractivity contribution in [1.82, 2.24) is 0 Å². The molecule has 1 saturated heterocycles. The summed E-state index contributed by atoms with van der Waals surface area (Å²) in [6, 6.07) is 13.1. The van der Waals surface area contributed by atoms with Gasteiger partial charge in [-0.2, -0.15) is 18.4 Å². The number of ether oxygens (including phenoxy) is 1. The van der Waals surface area contributed by atoms with Crippen LogP contribution in [0.25, 0.3) is 0 Å². The summed E-state index contributed by atoms with van der Waals surface area (Å²) in [6.45, 7) is 3.41. The van der Waals surface area contributed by atoms with Crippen LogP contribution < -0.4 is 9.80 Å². The fourth-order valence-corrected chi connectivity index (χ4v) is 3.23. The summed E-state index contributed by atoms with van der Waals surface area (Å²) < 4.78 is 44.1. The first kappa shape index (κ1) is 19.1. The predicted octanol–water partition coefficient (Wildman–Crippen LogP) is 4.05. The average molecular weight is 375 g/mol. The minimum Gasteiger partial charge on any atom is -0.378 e. The molecule has 2 aromatic carbocycles. The summed E-state index contributed by atoms with van der Waals surface area (Å²) in [5.74, 6) is 0. The molecule has 27 heavy (non-hydrogen) atoms. The van der Waals surface area contributed by atoms with E-state index in [-0.39, 0.29) is 5.56 Å². The van der Waals surface area contributed by atoms with Crippen LogP contribution in [0.4, 0.5) is 24.5 Å². The SMILES string of the molecule is CN(Cc1ccccc1N1CCOCC1)c1ccc(C(F)(F)F)cc1C#N. The summed E-state index contributed by atoms with van der Waals surface area (Å²) in [5, 5.41) is 9.32. The van der Waals surface area contributed by atoms with Gasteiger partial charge in [-0.05, 0) is 29.8 Å². The van der Waals surface area contributed by atoms with Crippen molar-refractivity contribution in [3.63, 3.8) is 0 Å². The molecular weight excluding hydrogens is 355 g/mol. The van der Waals surface area contributed by atoms with Crippen molar-refractivity contribution in [2.45, 2.75) is 12.7 Å². The van der Waals surface area contributed by atoms with Crippen LogP contribution >= 0.6 is 0 Å². The molecule has 1 heterocycles. The lowest BCUT2D eigenvalue weighted by molar-refractivity contribution is -0.137. The molecule has 0 spiro atoms. The van der Waals surface area contributed by atoms with E-state index in [9.17, 15) is 18.4 Å². The topological polar surface area (TPSA) is 39.5 Å². The third kappa shape index (κ3) is 4.34. The van der Waals surface area contributed by atoms with E-state index in [4.69, 9.17) is 4.74 Å². The number of alkyl halides is 3. The minimum absolute atomic E-state index is 0.0104. The second-order valence-corrected chi connectivity index (χ2v) is 6.43. The zero-order chi connectivity index (χ0) is 19.4.